The van der Waals surface area contributed by atoms with Gasteiger partial charge < -0.3 is 14.2 Å². The van der Waals surface area contributed by atoms with Crippen LogP contribution >= 0.6 is 0 Å². The quantitative estimate of drug-likeness (QED) is 0.780. The fourth-order valence-electron chi connectivity index (χ4n) is 4.01. The monoisotopic (exact) mass is 333 g/mol. The van der Waals surface area contributed by atoms with Gasteiger partial charge in [-0.2, -0.15) is 0 Å². The number of hydrogen-bond acceptors (Lipinski definition) is 4. The first kappa shape index (κ1) is 17.0. The summed E-state index contributed by atoms with van der Waals surface area (Å²) in [7, 11) is 1.84. The summed E-state index contributed by atoms with van der Waals surface area (Å²) in [5.41, 5.74) is 0.163. The number of hydrogen-bond donors (Lipinski definition) is 0. The number of aryl methyl sites for hydroxylation is 1. The molecule has 0 spiro atoms. The molecule has 0 saturated carbocycles. The van der Waals surface area contributed by atoms with Crippen LogP contribution in [0, 0.1) is 5.92 Å². The molecule has 0 aliphatic carbocycles. The second-order valence-corrected chi connectivity index (χ2v) is 8.05. The van der Waals surface area contributed by atoms with E-state index in [4.69, 9.17) is 4.74 Å². The van der Waals surface area contributed by atoms with Crippen molar-refractivity contribution in [2.45, 2.75) is 70.6 Å². The van der Waals surface area contributed by atoms with Crippen LogP contribution in [0.3, 0.4) is 0 Å². The number of ether oxygens (including phenoxy) is 1. The Balaban J connectivity index is 1.75. The summed E-state index contributed by atoms with van der Waals surface area (Å²) in [5, 5.41) is 0. The van der Waals surface area contributed by atoms with E-state index in [2.05, 4.69) is 4.98 Å². The van der Waals surface area contributed by atoms with Crippen LogP contribution in [0.1, 0.15) is 63.4 Å². The van der Waals surface area contributed by atoms with E-state index in [9.17, 15) is 9.59 Å². The van der Waals surface area contributed by atoms with Crippen molar-refractivity contribution < 1.29 is 14.3 Å². The molecule has 2 atom stereocenters. The van der Waals surface area contributed by atoms with Gasteiger partial charge in [-0.15, -0.1) is 0 Å². The van der Waals surface area contributed by atoms with Crippen molar-refractivity contribution in [3.05, 3.63) is 18.2 Å². The van der Waals surface area contributed by atoms with Crippen molar-refractivity contribution >= 4 is 11.9 Å². The molecule has 2 saturated heterocycles. The first-order chi connectivity index (χ1) is 11.3. The molecule has 0 radical (unpaired) electrons. The summed E-state index contributed by atoms with van der Waals surface area (Å²) in [4.78, 5) is 31.4. The molecule has 3 rings (SSSR count). The number of carbonyl (C=O) groups is 2. The van der Waals surface area contributed by atoms with Crippen LogP contribution in [0.25, 0.3) is 0 Å². The van der Waals surface area contributed by atoms with Crippen LogP contribution in [0.4, 0.5) is 4.79 Å². The predicted octanol–water partition coefficient (Wildman–Crippen LogP) is 3.17. The molecule has 1 amide bonds. The van der Waals surface area contributed by atoms with E-state index in [-0.39, 0.29) is 29.9 Å². The van der Waals surface area contributed by atoms with Crippen molar-refractivity contribution in [1.82, 2.24) is 14.5 Å². The van der Waals surface area contributed by atoms with Gasteiger partial charge in [0.05, 0.1) is 12.5 Å². The van der Waals surface area contributed by atoms with Crippen molar-refractivity contribution in [2.24, 2.45) is 13.0 Å². The van der Waals surface area contributed by atoms with Gasteiger partial charge in [0, 0.05) is 25.0 Å². The summed E-state index contributed by atoms with van der Waals surface area (Å²) >= 11 is 0. The van der Waals surface area contributed by atoms with E-state index in [0.717, 1.165) is 32.1 Å². The Labute approximate surface area is 143 Å². The molecule has 6 heteroatoms. The van der Waals surface area contributed by atoms with Gasteiger partial charge in [-0.3, -0.25) is 4.79 Å². The summed E-state index contributed by atoms with van der Waals surface area (Å²) in [6.45, 7) is 5.66. The lowest BCUT2D eigenvalue weighted by atomic mass is 9.76. The average Bonchev–Trinajstić information content (AvgIpc) is 2.89. The molecule has 2 aliphatic heterocycles. The SMILES string of the molecule is Cn1cncc1C(=O)C1CC2CCCC(C1)N2C(=O)OC(C)(C)C. The molecular formula is C18H27N3O3. The van der Waals surface area contributed by atoms with Crippen LogP contribution in [-0.4, -0.2) is 44.0 Å². The minimum atomic E-state index is -0.493. The molecule has 2 fully saturated rings. The Morgan fingerprint density at radius 3 is 2.33 bits per heavy atom. The number of Topliss-reactive ketones (excluding diaryl/α,β-unsaturated/α-hetero) is 1. The van der Waals surface area contributed by atoms with E-state index in [0.29, 0.717) is 5.69 Å². The third-order valence-electron chi connectivity index (χ3n) is 5.02. The number of nitrogens with zero attached hydrogens (tertiary/aromatic N) is 3. The molecule has 0 N–H and O–H groups in total. The van der Waals surface area contributed by atoms with E-state index in [1.54, 1.807) is 17.1 Å². The number of aromatic nitrogens is 2. The van der Waals surface area contributed by atoms with Crippen molar-refractivity contribution in [3.63, 3.8) is 0 Å². The Morgan fingerprint density at radius 1 is 1.21 bits per heavy atom. The van der Waals surface area contributed by atoms with E-state index in [1.807, 2.05) is 32.7 Å². The van der Waals surface area contributed by atoms with E-state index in [1.165, 1.54) is 0 Å². The third kappa shape index (κ3) is 3.32. The smallest absolute Gasteiger partial charge is 0.410 e. The first-order valence-electron chi connectivity index (χ1n) is 8.78. The molecule has 2 aliphatic rings. The van der Waals surface area contributed by atoms with Crippen LogP contribution in [0.2, 0.25) is 0 Å². The van der Waals surface area contributed by atoms with Gasteiger partial charge in [-0.1, -0.05) is 0 Å². The number of carbonyl (C=O) groups excluding carboxylic acids is 2. The van der Waals surface area contributed by atoms with Gasteiger partial charge in [0.25, 0.3) is 0 Å². The zero-order valence-electron chi connectivity index (χ0n) is 15.0. The maximum absolute atomic E-state index is 12.8. The lowest BCUT2D eigenvalue weighted by molar-refractivity contribution is -0.0261. The number of rotatable bonds is 2. The highest BCUT2D eigenvalue weighted by Gasteiger charge is 2.44. The highest BCUT2D eigenvalue weighted by atomic mass is 16.6. The Hall–Kier alpha value is -1.85. The molecule has 1 aromatic rings. The molecule has 3 heterocycles. The van der Waals surface area contributed by atoms with Crippen molar-refractivity contribution in [3.8, 4) is 0 Å². The van der Waals surface area contributed by atoms with Gasteiger partial charge in [-0.05, 0) is 52.9 Å². The summed E-state index contributed by atoms with van der Waals surface area (Å²) < 4.78 is 7.36. The Morgan fingerprint density at radius 2 is 1.83 bits per heavy atom. The Bertz CT molecular complexity index is 618. The van der Waals surface area contributed by atoms with Crippen LogP contribution in [-0.2, 0) is 11.8 Å². The van der Waals surface area contributed by atoms with Gasteiger partial charge in [0.1, 0.15) is 11.3 Å². The van der Waals surface area contributed by atoms with Crippen molar-refractivity contribution in [2.75, 3.05) is 0 Å². The molecule has 1 aromatic heterocycles. The lowest BCUT2D eigenvalue weighted by Gasteiger charge is -2.48. The lowest BCUT2D eigenvalue weighted by Crippen LogP contribution is -2.56. The van der Waals surface area contributed by atoms with Crippen LogP contribution in [0.15, 0.2) is 12.5 Å². The summed E-state index contributed by atoms with van der Waals surface area (Å²) in [5.74, 6) is 0.116. The minimum absolute atomic E-state index is 0.0330. The second kappa shape index (κ2) is 6.22. The zero-order chi connectivity index (χ0) is 17.5. The molecule has 2 bridgehead atoms. The molecule has 2 unspecified atom stereocenters. The third-order valence-corrected chi connectivity index (χ3v) is 5.02. The molecule has 24 heavy (non-hydrogen) atoms. The van der Waals surface area contributed by atoms with Crippen LogP contribution < -0.4 is 0 Å². The van der Waals surface area contributed by atoms with Gasteiger partial charge >= 0.3 is 6.09 Å². The van der Waals surface area contributed by atoms with Crippen LogP contribution in [0.5, 0.6) is 0 Å². The first-order valence-corrected chi connectivity index (χ1v) is 8.78. The fraction of sp³-hybridized carbons (Fsp3) is 0.722. The predicted molar refractivity (Wildman–Crippen MR) is 89.8 cm³/mol. The van der Waals surface area contributed by atoms with Gasteiger partial charge in [0.2, 0.25) is 0 Å². The van der Waals surface area contributed by atoms with E-state index >= 15 is 0 Å². The fourth-order valence-corrected chi connectivity index (χ4v) is 4.01. The zero-order valence-corrected chi connectivity index (χ0v) is 15.0. The number of amides is 1. The Kier molecular flexibility index (Phi) is 4.40. The maximum Gasteiger partial charge on any atom is 0.410 e. The minimum Gasteiger partial charge on any atom is -0.444 e. The molecular weight excluding hydrogens is 306 g/mol. The standard InChI is InChI=1S/C18H27N3O3/c1-18(2,3)24-17(23)21-13-6-5-7-14(21)9-12(8-13)16(22)15-10-19-11-20(15)4/h10-14H,5-9H2,1-4H3. The number of fused-ring (bicyclic) bond motifs is 2. The second-order valence-electron chi connectivity index (χ2n) is 8.05. The normalized spacial score (nSPS) is 27.0. The largest absolute Gasteiger partial charge is 0.444 e. The average molecular weight is 333 g/mol. The topological polar surface area (TPSA) is 64.4 Å². The van der Waals surface area contributed by atoms with Gasteiger partial charge in [0.15, 0.2) is 5.78 Å². The highest BCUT2D eigenvalue weighted by molar-refractivity contribution is 5.96. The molecule has 6 nitrogen and oxygen atoms in total. The summed E-state index contributed by atoms with van der Waals surface area (Å²) in [6.07, 6.45) is 7.52. The number of piperidine rings is 2. The number of ketones is 1. The molecule has 132 valence electrons. The maximum atomic E-state index is 12.8. The summed E-state index contributed by atoms with van der Waals surface area (Å²) in [6, 6.07) is 0.212. The van der Waals surface area contributed by atoms with E-state index < -0.39 is 5.60 Å². The van der Waals surface area contributed by atoms with Gasteiger partial charge in [-0.25, -0.2) is 9.78 Å². The highest BCUT2D eigenvalue weighted by Crippen LogP contribution is 2.39. The molecule has 0 aromatic carbocycles. The number of imidazole rings is 1. The van der Waals surface area contributed by atoms with Crippen molar-refractivity contribution in [1.29, 1.82) is 0 Å².